The quantitative estimate of drug-likeness (QED) is 0.545. The number of methoxy groups -OCH3 is 1. The Morgan fingerprint density at radius 1 is 1.30 bits per heavy atom. The van der Waals surface area contributed by atoms with Gasteiger partial charge in [0.2, 0.25) is 17.6 Å². The van der Waals surface area contributed by atoms with Gasteiger partial charge in [-0.1, -0.05) is 11.2 Å². The average Bonchev–Trinajstić information content (AvgIpc) is 3.47. The summed E-state index contributed by atoms with van der Waals surface area (Å²) < 4.78 is 12.0. The van der Waals surface area contributed by atoms with Crippen molar-refractivity contribution >= 4 is 11.9 Å². The van der Waals surface area contributed by atoms with Gasteiger partial charge in [-0.2, -0.15) is 10.1 Å². The van der Waals surface area contributed by atoms with Gasteiger partial charge in [-0.25, -0.2) is 4.79 Å². The van der Waals surface area contributed by atoms with Crippen LogP contribution in [0.2, 0.25) is 0 Å². The number of nitrogens with zero attached hydrogens (tertiary/aromatic N) is 5. The third-order valence-electron chi connectivity index (χ3n) is 5.73. The third kappa shape index (κ3) is 5.16. The van der Waals surface area contributed by atoms with Crippen LogP contribution in [0.15, 0.2) is 46.4 Å². The molecule has 0 saturated carbocycles. The summed E-state index contributed by atoms with van der Waals surface area (Å²) in [6, 6.07) is 5.69. The van der Waals surface area contributed by atoms with Crippen LogP contribution in [0.4, 0.5) is 0 Å². The number of hydrogen-bond acceptors (Lipinski definition) is 8. The number of hydrogen-bond donors (Lipinski definition) is 1. The summed E-state index contributed by atoms with van der Waals surface area (Å²) in [7, 11) is 3.23. The maximum Gasteiger partial charge on any atom is 0.335 e. The number of allylic oxidation sites excluding steroid dienone is 1. The molecule has 3 aromatic rings. The van der Waals surface area contributed by atoms with E-state index < -0.39 is 5.97 Å². The van der Waals surface area contributed by atoms with Gasteiger partial charge in [-0.15, -0.1) is 0 Å². The second-order valence-corrected chi connectivity index (χ2v) is 8.05. The van der Waals surface area contributed by atoms with Crippen LogP contribution in [0.1, 0.15) is 48.7 Å². The van der Waals surface area contributed by atoms with E-state index >= 15 is 0 Å². The Balaban J connectivity index is 1.39. The molecule has 0 saturated heterocycles. The van der Waals surface area contributed by atoms with Gasteiger partial charge in [0.05, 0.1) is 12.7 Å². The van der Waals surface area contributed by atoms with Crippen molar-refractivity contribution in [3.05, 3.63) is 59.0 Å². The summed E-state index contributed by atoms with van der Waals surface area (Å²) in [5.41, 5.74) is 3.80. The normalized spacial score (nSPS) is 16.0. The first-order valence-corrected chi connectivity index (χ1v) is 10.8. The molecule has 0 fully saturated rings. The Kier molecular flexibility index (Phi) is 6.62. The molecular weight excluding hydrogens is 424 g/mol. The highest BCUT2D eigenvalue weighted by molar-refractivity contribution is 5.91. The number of carbonyl (C=O) groups excluding carboxylic acids is 2. The monoisotopic (exact) mass is 450 g/mol. The van der Waals surface area contributed by atoms with Gasteiger partial charge in [0.15, 0.2) is 0 Å². The van der Waals surface area contributed by atoms with E-state index in [9.17, 15) is 9.59 Å². The van der Waals surface area contributed by atoms with E-state index in [1.54, 1.807) is 12.4 Å². The summed E-state index contributed by atoms with van der Waals surface area (Å²) in [6.45, 7) is 1.95. The number of pyridine rings is 1. The lowest BCUT2D eigenvalue weighted by atomic mass is 9.84. The molecule has 1 amide bonds. The van der Waals surface area contributed by atoms with Gasteiger partial charge in [0, 0.05) is 49.6 Å². The predicted molar refractivity (Wildman–Crippen MR) is 118 cm³/mol. The molecule has 10 heteroatoms. The molecule has 3 heterocycles. The van der Waals surface area contributed by atoms with Crippen molar-refractivity contribution in [2.75, 3.05) is 7.11 Å². The second kappa shape index (κ2) is 9.76. The number of aromatic nitrogens is 5. The first kappa shape index (κ1) is 22.4. The van der Waals surface area contributed by atoms with Crippen molar-refractivity contribution < 1.29 is 18.8 Å². The number of carbonyl (C=O) groups is 2. The van der Waals surface area contributed by atoms with Crippen LogP contribution in [-0.4, -0.2) is 43.9 Å². The van der Waals surface area contributed by atoms with Crippen molar-refractivity contribution in [3.63, 3.8) is 0 Å². The van der Waals surface area contributed by atoms with Crippen LogP contribution in [0.25, 0.3) is 11.5 Å². The van der Waals surface area contributed by atoms with E-state index in [1.165, 1.54) is 7.11 Å². The second-order valence-electron chi connectivity index (χ2n) is 8.05. The van der Waals surface area contributed by atoms with Crippen molar-refractivity contribution in [1.82, 2.24) is 30.2 Å². The van der Waals surface area contributed by atoms with Gasteiger partial charge in [-0.05, 0) is 43.9 Å². The first-order chi connectivity index (χ1) is 15.9. The molecule has 0 aromatic carbocycles. The Hall–Kier alpha value is -3.82. The van der Waals surface area contributed by atoms with Crippen molar-refractivity contribution in [3.8, 4) is 11.5 Å². The molecule has 1 atom stereocenters. The van der Waals surface area contributed by atoms with Crippen LogP contribution in [0.3, 0.4) is 0 Å². The van der Waals surface area contributed by atoms with Gasteiger partial charge in [0.1, 0.15) is 5.69 Å². The summed E-state index contributed by atoms with van der Waals surface area (Å²) in [5.74, 6) is 0.224. The Bertz CT molecular complexity index is 1180. The highest BCUT2D eigenvalue weighted by atomic mass is 16.5. The molecule has 0 radical (unpaired) electrons. The number of amides is 1. The summed E-state index contributed by atoms with van der Waals surface area (Å²) >= 11 is 0. The lowest BCUT2D eigenvalue weighted by molar-refractivity contribution is -0.136. The average molecular weight is 450 g/mol. The molecule has 3 aromatic heterocycles. The number of aryl methyl sites for hydroxylation is 3. The number of ether oxygens (including phenoxy) is 1. The SMILES string of the molecule is COC(=O)C1=C(NC(=O)CCc2nc(-c3ccc(C)cn3)no2)CCC(c2ccnn2C)C1. The molecule has 0 spiro atoms. The maximum atomic E-state index is 12.6. The van der Waals surface area contributed by atoms with Crippen LogP contribution >= 0.6 is 0 Å². The molecule has 172 valence electrons. The fraction of sp³-hybridized carbons (Fsp3) is 0.391. The van der Waals surface area contributed by atoms with E-state index in [4.69, 9.17) is 9.26 Å². The molecule has 1 aliphatic rings. The number of esters is 1. The van der Waals surface area contributed by atoms with Gasteiger partial charge in [-0.3, -0.25) is 14.5 Å². The molecule has 1 aliphatic carbocycles. The van der Waals surface area contributed by atoms with E-state index in [0.29, 0.717) is 41.5 Å². The zero-order valence-corrected chi connectivity index (χ0v) is 18.9. The summed E-state index contributed by atoms with van der Waals surface area (Å²) in [5, 5.41) is 11.1. The predicted octanol–water partition coefficient (Wildman–Crippen LogP) is 2.62. The minimum Gasteiger partial charge on any atom is -0.466 e. The largest absolute Gasteiger partial charge is 0.466 e. The van der Waals surface area contributed by atoms with E-state index in [2.05, 4.69) is 25.5 Å². The molecule has 10 nitrogen and oxygen atoms in total. The van der Waals surface area contributed by atoms with Crippen LogP contribution in [0.5, 0.6) is 0 Å². The third-order valence-corrected chi connectivity index (χ3v) is 5.73. The van der Waals surface area contributed by atoms with Crippen molar-refractivity contribution in [2.45, 2.75) is 44.9 Å². The molecule has 1 N–H and O–H groups in total. The molecule has 1 unspecified atom stereocenters. The Morgan fingerprint density at radius 2 is 2.15 bits per heavy atom. The lowest BCUT2D eigenvalue weighted by Crippen LogP contribution is -2.29. The number of rotatable bonds is 7. The van der Waals surface area contributed by atoms with E-state index in [0.717, 1.165) is 17.7 Å². The minimum atomic E-state index is -0.427. The smallest absolute Gasteiger partial charge is 0.335 e. The Labute approximate surface area is 191 Å². The highest BCUT2D eigenvalue weighted by Crippen LogP contribution is 2.35. The topological polar surface area (TPSA) is 125 Å². The van der Waals surface area contributed by atoms with Crippen LogP contribution in [-0.2, 0) is 27.8 Å². The van der Waals surface area contributed by atoms with Gasteiger partial charge >= 0.3 is 5.97 Å². The van der Waals surface area contributed by atoms with Crippen molar-refractivity contribution in [2.24, 2.45) is 7.05 Å². The highest BCUT2D eigenvalue weighted by Gasteiger charge is 2.29. The molecule has 33 heavy (non-hydrogen) atoms. The van der Waals surface area contributed by atoms with Crippen LogP contribution in [0, 0.1) is 6.92 Å². The van der Waals surface area contributed by atoms with Gasteiger partial charge < -0.3 is 14.6 Å². The fourth-order valence-electron chi connectivity index (χ4n) is 3.96. The number of nitrogens with one attached hydrogen (secondary N) is 1. The first-order valence-electron chi connectivity index (χ1n) is 10.8. The van der Waals surface area contributed by atoms with Gasteiger partial charge in [0.25, 0.3) is 0 Å². The summed E-state index contributed by atoms with van der Waals surface area (Å²) in [6.07, 6.45) is 5.75. The lowest BCUT2D eigenvalue weighted by Gasteiger charge is -2.26. The van der Waals surface area contributed by atoms with Crippen LogP contribution < -0.4 is 5.32 Å². The Morgan fingerprint density at radius 3 is 2.85 bits per heavy atom. The van der Waals surface area contributed by atoms with Crippen molar-refractivity contribution in [1.29, 1.82) is 0 Å². The fourth-order valence-corrected chi connectivity index (χ4v) is 3.96. The maximum absolute atomic E-state index is 12.6. The molecule has 0 bridgehead atoms. The molecular formula is C23H26N6O4. The standard InChI is InChI=1S/C23H26N6O4/c1-14-4-6-18(24-13-14)22-27-21(33-28-22)9-8-20(30)26-17-7-5-15(12-16(17)23(31)32-3)19-10-11-25-29(19)2/h4,6,10-11,13,15H,5,7-9,12H2,1-3H3,(H,26,30). The van der Waals surface area contributed by atoms with E-state index in [1.807, 2.05) is 36.9 Å². The molecule has 0 aliphatic heterocycles. The zero-order chi connectivity index (χ0) is 23.4. The zero-order valence-electron chi connectivity index (χ0n) is 18.9. The molecule has 4 rings (SSSR count). The van der Waals surface area contributed by atoms with E-state index in [-0.39, 0.29) is 24.7 Å². The minimum absolute atomic E-state index is 0.138. The summed E-state index contributed by atoms with van der Waals surface area (Å²) in [4.78, 5) is 33.6.